The zero-order valence-corrected chi connectivity index (χ0v) is 13.4. The molecule has 3 aliphatic rings. The fourth-order valence-corrected chi connectivity index (χ4v) is 4.22. The van der Waals surface area contributed by atoms with Crippen LogP contribution in [-0.2, 0) is 26.9 Å². The largest absolute Gasteiger partial charge is 0.416 e. The number of alkyl halides is 3. The lowest BCUT2D eigenvalue weighted by molar-refractivity contribution is -0.139. The van der Waals surface area contributed by atoms with Gasteiger partial charge in [0.25, 0.3) is 0 Å². The molecular weight excluding hydrogens is 337 g/mol. The molecule has 1 aromatic carbocycles. The number of likely N-dealkylation sites (tertiary alicyclic amines) is 1. The van der Waals surface area contributed by atoms with Gasteiger partial charge in [-0.3, -0.25) is 9.59 Å². The van der Waals surface area contributed by atoms with Crippen molar-refractivity contribution in [3.05, 3.63) is 35.4 Å². The van der Waals surface area contributed by atoms with Crippen molar-refractivity contribution in [2.24, 2.45) is 0 Å². The average molecular weight is 354 g/mol. The summed E-state index contributed by atoms with van der Waals surface area (Å²) in [5.41, 5.74) is -1.17. The van der Waals surface area contributed by atoms with Gasteiger partial charge in [0, 0.05) is 19.5 Å². The molecule has 25 heavy (non-hydrogen) atoms. The predicted molar refractivity (Wildman–Crippen MR) is 80.3 cm³/mol. The number of halogens is 3. The van der Waals surface area contributed by atoms with Gasteiger partial charge in [-0.25, -0.2) is 0 Å². The van der Waals surface area contributed by atoms with Crippen molar-refractivity contribution >= 4 is 11.8 Å². The Hall–Kier alpha value is -2.09. The molecule has 0 unspecified atom stereocenters. The van der Waals surface area contributed by atoms with Crippen molar-refractivity contribution < 1.29 is 27.5 Å². The topological polar surface area (TPSA) is 49.9 Å². The lowest BCUT2D eigenvalue weighted by Crippen LogP contribution is -2.49. The molecule has 3 aliphatic heterocycles. The minimum atomic E-state index is -4.44. The van der Waals surface area contributed by atoms with Gasteiger partial charge in [0.1, 0.15) is 0 Å². The predicted octanol–water partition coefficient (Wildman–Crippen LogP) is 1.81. The Kier molecular flexibility index (Phi) is 3.57. The first kappa shape index (κ1) is 16.4. The molecule has 3 heterocycles. The fraction of sp³-hybridized carbons (Fsp3) is 0.529. The fourth-order valence-electron chi connectivity index (χ4n) is 4.22. The van der Waals surface area contributed by atoms with Crippen molar-refractivity contribution in [1.82, 2.24) is 9.80 Å². The van der Waals surface area contributed by atoms with E-state index in [1.165, 1.54) is 12.1 Å². The van der Waals surface area contributed by atoms with E-state index in [-0.39, 0.29) is 30.7 Å². The van der Waals surface area contributed by atoms with Gasteiger partial charge in [0.15, 0.2) is 5.72 Å². The summed E-state index contributed by atoms with van der Waals surface area (Å²) in [6, 6.07) is 4.45. The van der Waals surface area contributed by atoms with Crippen LogP contribution in [0.2, 0.25) is 0 Å². The molecule has 0 saturated carbocycles. The highest BCUT2D eigenvalue weighted by Crippen LogP contribution is 2.45. The third kappa shape index (κ3) is 2.50. The highest BCUT2D eigenvalue weighted by molar-refractivity contribution is 5.85. The molecule has 0 aliphatic carbocycles. The molecule has 5 nitrogen and oxygen atoms in total. The van der Waals surface area contributed by atoms with Gasteiger partial charge in [-0.2, -0.15) is 13.2 Å². The summed E-state index contributed by atoms with van der Waals surface area (Å²) >= 11 is 0. The second-order valence-corrected chi connectivity index (χ2v) is 6.67. The molecule has 1 spiro atoms. The van der Waals surface area contributed by atoms with E-state index in [0.717, 1.165) is 12.1 Å². The number of benzene rings is 1. The number of hydrogen-bond acceptors (Lipinski definition) is 3. The summed E-state index contributed by atoms with van der Waals surface area (Å²) in [6.07, 6.45) is -3.79. The molecule has 134 valence electrons. The van der Waals surface area contributed by atoms with Crippen LogP contribution in [0.4, 0.5) is 13.2 Å². The highest BCUT2D eigenvalue weighted by Gasteiger charge is 2.62. The first-order chi connectivity index (χ1) is 11.8. The normalized spacial score (nSPS) is 28.4. The van der Waals surface area contributed by atoms with E-state index in [1.807, 2.05) is 0 Å². The quantitative estimate of drug-likeness (QED) is 0.814. The zero-order valence-electron chi connectivity index (χ0n) is 13.4. The molecule has 0 radical (unpaired) electrons. The Morgan fingerprint density at radius 2 is 2.12 bits per heavy atom. The van der Waals surface area contributed by atoms with Gasteiger partial charge >= 0.3 is 6.18 Å². The van der Waals surface area contributed by atoms with Crippen molar-refractivity contribution in [2.75, 3.05) is 19.7 Å². The third-order valence-corrected chi connectivity index (χ3v) is 5.33. The molecule has 0 N–H and O–H groups in total. The Labute approximate surface area is 142 Å². The van der Waals surface area contributed by atoms with Crippen LogP contribution >= 0.6 is 0 Å². The van der Waals surface area contributed by atoms with E-state index in [4.69, 9.17) is 4.74 Å². The second kappa shape index (κ2) is 5.45. The van der Waals surface area contributed by atoms with Crippen molar-refractivity contribution in [3.63, 3.8) is 0 Å². The van der Waals surface area contributed by atoms with Gasteiger partial charge in [0.05, 0.1) is 31.1 Å². The minimum absolute atomic E-state index is 0.0286. The van der Waals surface area contributed by atoms with Gasteiger partial charge in [-0.1, -0.05) is 18.2 Å². The van der Waals surface area contributed by atoms with E-state index in [2.05, 4.69) is 0 Å². The van der Waals surface area contributed by atoms with Crippen molar-refractivity contribution in [1.29, 1.82) is 0 Å². The monoisotopic (exact) mass is 354 g/mol. The van der Waals surface area contributed by atoms with Crippen molar-refractivity contribution in [2.45, 2.75) is 37.2 Å². The molecule has 2 atom stereocenters. The maximum absolute atomic E-state index is 12.8. The molecule has 1 aromatic rings. The molecular formula is C17H17F3N2O3. The molecule has 4 rings (SSSR count). The molecule has 3 fully saturated rings. The molecule has 0 aromatic heterocycles. The summed E-state index contributed by atoms with van der Waals surface area (Å²) < 4.78 is 44.3. The van der Waals surface area contributed by atoms with E-state index in [9.17, 15) is 22.8 Å². The van der Waals surface area contributed by atoms with Crippen LogP contribution < -0.4 is 0 Å². The molecule has 8 heteroatoms. The first-order valence-electron chi connectivity index (χ1n) is 8.21. The Morgan fingerprint density at radius 3 is 2.88 bits per heavy atom. The average Bonchev–Trinajstić information content (AvgIpc) is 3.18. The van der Waals surface area contributed by atoms with Crippen LogP contribution in [0.1, 0.15) is 24.0 Å². The number of carbonyl (C=O) groups is 2. The van der Waals surface area contributed by atoms with Gasteiger partial charge in [0.2, 0.25) is 11.8 Å². The van der Waals surface area contributed by atoms with Crippen LogP contribution in [-0.4, -0.2) is 53.1 Å². The van der Waals surface area contributed by atoms with E-state index < -0.39 is 17.5 Å². The number of amides is 2. The molecule has 0 bridgehead atoms. The van der Waals surface area contributed by atoms with Gasteiger partial charge in [-0.05, 0) is 11.6 Å². The Balaban J connectivity index is 1.52. The lowest BCUT2D eigenvalue weighted by Gasteiger charge is -2.31. The summed E-state index contributed by atoms with van der Waals surface area (Å²) in [7, 11) is 0. The Morgan fingerprint density at radius 1 is 1.32 bits per heavy atom. The summed E-state index contributed by atoms with van der Waals surface area (Å²) in [4.78, 5) is 28.1. The van der Waals surface area contributed by atoms with E-state index in [1.54, 1.807) is 9.80 Å². The maximum atomic E-state index is 12.8. The Bertz CT molecular complexity index is 736. The number of ether oxygens (including phenoxy) is 1. The van der Waals surface area contributed by atoms with Gasteiger partial charge < -0.3 is 14.5 Å². The SMILES string of the molecule is O=C(Cc1cccc(C(F)(F)F)c1)N1CC[C@@]23OCCN2C(=O)C[C@@H]13. The standard InChI is InChI=1S/C17H17F3N2O3/c18-17(19,20)12-3-1-2-11(8-12)9-14(23)21-5-4-16-13(21)10-15(24)22(16)6-7-25-16/h1-3,8,13H,4-7,9-10H2/t13-,16+/m1/s1. The highest BCUT2D eigenvalue weighted by atomic mass is 19.4. The number of hydrogen-bond donors (Lipinski definition) is 0. The van der Waals surface area contributed by atoms with E-state index in [0.29, 0.717) is 31.7 Å². The summed E-state index contributed by atoms with van der Waals surface area (Å²) in [5, 5.41) is 0. The smallest absolute Gasteiger partial charge is 0.351 e. The van der Waals surface area contributed by atoms with E-state index >= 15 is 0 Å². The maximum Gasteiger partial charge on any atom is 0.416 e. The summed E-state index contributed by atoms with van der Waals surface area (Å²) in [6.45, 7) is 1.44. The van der Waals surface area contributed by atoms with Crippen LogP contribution in [0.3, 0.4) is 0 Å². The number of rotatable bonds is 2. The zero-order chi connectivity index (χ0) is 17.8. The number of nitrogens with zero attached hydrogens (tertiary/aromatic N) is 2. The molecule has 2 amide bonds. The number of carbonyl (C=O) groups excluding carboxylic acids is 2. The summed E-state index contributed by atoms with van der Waals surface area (Å²) in [5.74, 6) is -0.301. The minimum Gasteiger partial charge on any atom is -0.351 e. The van der Waals surface area contributed by atoms with Crippen LogP contribution in [0.5, 0.6) is 0 Å². The van der Waals surface area contributed by atoms with Crippen molar-refractivity contribution in [3.8, 4) is 0 Å². The third-order valence-electron chi connectivity index (χ3n) is 5.33. The first-order valence-corrected chi connectivity index (χ1v) is 8.21. The van der Waals surface area contributed by atoms with Crippen LogP contribution in [0.15, 0.2) is 24.3 Å². The second-order valence-electron chi connectivity index (χ2n) is 6.67. The van der Waals surface area contributed by atoms with Crippen LogP contribution in [0.25, 0.3) is 0 Å². The lowest BCUT2D eigenvalue weighted by atomic mass is 10.0. The molecule has 3 saturated heterocycles. The van der Waals surface area contributed by atoms with Gasteiger partial charge in [-0.15, -0.1) is 0 Å². The van der Waals surface area contributed by atoms with Crippen LogP contribution in [0, 0.1) is 0 Å².